The third-order valence-electron chi connectivity index (χ3n) is 3.73. The second kappa shape index (κ2) is 6.29. The van der Waals surface area contributed by atoms with Gasteiger partial charge in [0, 0.05) is 6.42 Å². The van der Waals surface area contributed by atoms with Gasteiger partial charge < -0.3 is 9.47 Å². The molecule has 1 aromatic rings. The zero-order valence-electron chi connectivity index (χ0n) is 11.4. The quantitative estimate of drug-likeness (QED) is 0.762. The highest BCUT2D eigenvalue weighted by molar-refractivity contribution is 6.34. The average molecular weight is 283 g/mol. The lowest BCUT2D eigenvalue weighted by molar-refractivity contribution is 0.0959. The van der Waals surface area contributed by atoms with Crippen molar-refractivity contribution in [2.45, 2.75) is 32.1 Å². The third kappa shape index (κ3) is 3.03. The van der Waals surface area contributed by atoms with Crippen molar-refractivity contribution in [1.29, 1.82) is 0 Å². The van der Waals surface area contributed by atoms with E-state index in [9.17, 15) is 4.79 Å². The molecular formula is C15H19ClO3. The molecule has 2 rings (SSSR count). The van der Waals surface area contributed by atoms with Crippen molar-refractivity contribution in [3.05, 3.63) is 22.7 Å². The van der Waals surface area contributed by atoms with E-state index in [-0.39, 0.29) is 5.78 Å². The van der Waals surface area contributed by atoms with Gasteiger partial charge in [-0.2, -0.15) is 0 Å². The van der Waals surface area contributed by atoms with Gasteiger partial charge in [0.25, 0.3) is 0 Å². The molecule has 1 saturated carbocycles. The van der Waals surface area contributed by atoms with Crippen molar-refractivity contribution < 1.29 is 14.3 Å². The Morgan fingerprint density at radius 2 is 1.95 bits per heavy atom. The zero-order chi connectivity index (χ0) is 13.8. The van der Waals surface area contributed by atoms with Crippen molar-refractivity contribution in [1.82, 2.24) is 0 Å². The van der Waals surface area contributed by atoms with Gasteiger partial charge in [-0.1, -0.05) is 37.3 Å². The van der Waals surface area contributed by atoms with E-state index in [1.54, 1.807) is 19.2 Å². The first-order valence-electron chi connectivity index (χ1n) is 6.61. The van der Waals surface area contributed by atoms with Crippen LogP contribution in [0.3, 0.4) is 0 Å². The van der Waals surface area contributed by atoms with Crippen LogP contribution in [0.4, 0.5) is 0 Å². The van der Waals surface area contributed by atoms with Crippen LogP contribution in [0.5, 0.6) is 11.5 Å². The molecule has 0 aromatic heterocycles. The molecule has 1 aliphatic carbocycles. The summed E-state index contributed by atoms with van der Waals surface area (Å²) >= 11 is 6.17. The second-order valence-electron chi connectivity index (χ2n) is 4.94. The summed E-state index contributed by atoms with van der Waals surface area (Å²) in [5, 5.41) is 0.363. The van der Waals surface area contributed by atoms with E-state index in [0.717, 1.165) is 12.8 Å². The molecule has 3 nitrogen and oxygen atoms in total. The van der Waals surface area contributed by atoms with Gasteiger partial charge in [-0.15, -0.1) is 0 Å². The molecule has 0 atom stereocenters. The highest BCUT2D eigenvalue weighted by atomic mass is 35.5. The number of ketones is 1. The minimum atomic E-state index is 0.105. The summed E-state index contributed by atoms with van der Waals surface area (Å²) in [6.45, 7) is 0. The Balaban J connectivity index is 2.23. The maximum atomic E-state index is 12.4. The first kappa shape index (κ1) is 14.2. The lowest BCUT2D eigenvalue weighted by Gasteiger charge is -2.14. The molecule has 0 spiro atoms. The highest BCUT2D eigenvalue weighted by Crippen LogP contribution is 2.38. The summed E-state index contributed by atoms with van der Waals surface area (Å²) in [5.41, 5.74) is 0.556. The summed E-state index contributed by atoms with van der Waals surface area (Å²) in [4.78, 5) is 12.4. The topological polar surface area (TPSA) is 35.5 Å². The standard InChI is InChI=1S/C15H19ClO3/c1-18-13-8-7-11(15(19-2)14(13)16)12(17)9-10-5-3-4-6-10/h7-8,10H,3-6,9H2,1-2H3. The Kier molecular flexibility index (Phi) is 4.70. The van der Waals surface area contributed by atoms with Gasteiger partial charge in [-0.3, -0.25) is 4.79 Å². The maximum Gasteiger partial charge on any atom is 0.166 e. The first-order valence-corrected chi connectivity index (χ1v) is 6.98. The van der Waals surface area contributed by atoms with E-state index in [1.807, 2.05) is 0 Å². The summed E-state index contributed by atoms with van der Waals surface area (Å²) < 4.78 is 10.4. The Hall–Kier alpha value is -1.22. The van der Waals surface area contributed by atoms with Crippen LogP contribution in [-0.4, -0.2) is 20.0 Å². The average Bonchev–Trinajstić information content (AvgIpc) is 2.91. The van der Waals surface area contributed by atoms with E-state index in [0.29, 0.717) is 34.4 Å². The van der Waals surface area contributed by atoms with E-state index in [2.05, 4.69) is 0 Å². The lowest BCUT2D eigenvalue weighted by atomic mass is 9.96. The number of carbonyl (C=O) groups excluding carboxylic acids is 1. The Morgan fingerprint density at radius 3 is 2.53 bits per heavy atom. The number of methoxy groups -OCH3 is 2. The van der Waals surface area contributed by atoms with Crippen LogP contribution in [0.15, 0.2) is 12.1 Å². The number of Topliss-reactive ketones (excluding diaryl/α,β-unsaturated/α-hetero) is 1. The molecule has 4 heteroatoms. The first-order chi connectivity index (χ1) is 9.17. The number of carbonyl (C=O) groups is 1. The molecule has 0 radical (unpaired) electrons. The Morgan fingerprint density at radius 1 is 1.26 bits per heavy atom. The number of benzene rings is 1. The van der Waals surface area contributed by atoms with E-state index < -0.39 is 0 Å². The second-order valence-corrected chi connectivity index (χ2v) is 5.32. The van der Waals surface area contributed by atoms with Crippen LogP contribution < -0.4 is 9.47 Å². The van der Waals surface area contributed by atoms with Gasteiger partial charge >= 0.3 is 0 Å². The molecule has 0 aliphatic heterocycles. The fourth-order valence-corrected chi connectivity index (χ4v) is 3.02. The summed E-state index contributed by atoms with van der Waals surface area (Å²) in [6.07, 6.45) is 5.35. The van der Waals surface area contributed by atoms with Crippen LogP contribution in [0, 0.1) is 5.92 Å². The molecule has 0 heterocycles. The SMILES string of the molecule is COc1ccc(C(=O)CC2CCCC2)c(OC)c1Cl. The number of hydrogen-bond donors (Lipinski definition) is 0. The number of ether oxygens (including phenoxy) is 2. The van der Waals surface area contributed by atoms with Gasteiger partial charge in [0.15, 0.2) is 11.5 Å². The minimum Gasteiger partial charge on any atom is -0.495 e. The molecule has 1 aliphatic rings. The fraction of sp³-hybridized carbons (Fsp3) is 0.533. The lowest BCUT2D eigenvalue weighted by Crippen LogP contribution is -2.08. The molecule has 1 aromatic carbocycles. The van der Waals surface area contributed by atoms with Crippen molar-refractivity contribution in [2.24, 2.45) is 5.92 Å². The molecule has 0 unspecified atom stereocenters. The van der Waals surface area contributed by atoms with Crippen molar-refractivity contribution >= 4 is 17.4 Å². The van der Waals surface area contributed by atoms with E-state index in [4.69, 9.17) is 21.1 Å². The predicted octanol–water partition coefficient (Wildman–Crippen LogP) is 4.12. The Bertz CT molecular complexity index is 465. The molecule has 0 saturated heterocycles. The van der Waals surface area contributed by atoms with Crippen LogP contribution in [0.2, 0.25) is 5.02 Å². The summed E-state index contributed by atoms with van der Waals surface area (Å²) in [7, 11) is 3.06. The van der Waals surface area contributed by atoms with Gasteiger partial charge in [-0.25, -0.2) is 0 Å². The minimum absolute atomic E-state index is 0.105. The van der Waals surface area contributed by atoms with Crippen LogP contribution in [0.25, 0.3) is 0 Å². The largest absolute Gasteiger partial charge is 0.495 e. The number of rotatable bonds is 5. The van der Waals surface area contributed by atoms with Gasteiger partial charge in [0.1, 0.15) is 10.8 Å². The van der Waals surface area contributed by atoms with E-state index >= 15 is 0 Å². The van der Waals surface area contributed by atoms with Crippen molar-refractivity contribution in [3.8, 4) is 11.5 Å². The highest BCUT2D eigenvalue weighted by Gasteiger charge is 2.23. The third-order valence-corrected chi connectivity index (χ3v) is 4.09. The predicted molar refractivity (Wildman–Crippen MR) is 75.5 cm³/mol. The van der Waals surface area contributed by atoms with Crippen molar-refractivity contribution in [2.75, 3.05) is 14.2 Å². The summed E-state index contributed by atoms with van der Waals surface area (Å²) in [5.74, 6) is 1.56. The number of hydrogen-bond acceptors (Lipinski definition) is 3. The molecule has 1 fully saturated rings. The van der Waals surface area contributed by atoms with Gasteiger partial charge in [0.05, 0.1) is 19.8 Å². The van der Waals surface area contributed by atoms with Gasteiger partial charge in [-0.05, 0) is 18.1 Å². The zero-order valence-corrected chi connectivity index (χ0v) is 12.1. The normalized spacial score (nSPS) is 15.5. The van der Waals surface area contributed by atoms with Crippen LogP contribution in [0.1, 0.15) is 42.5 Å². The molecular weight excluding hydrogens is 264 g/mol. The monoisotopic (exact) mass is 282 g/mol. The molecule has 104 valence electrons. The fourth-order valence-electron chi connectivity index (χ4n) is 2.70. The number of halogens is 1. The molecule has 0 bridgehead atoms. The van der Waals surface area contributed by atoms with Crippen LogP contribution >= 0.6 is 11.6 Å². The van der Waals surface area contributed by atoms with Crippen LogP contribution in [-0.2, 0) is 0 Å². The molecule has 0 N–H and O–H groups in total. The summed E-state index contributed by atoms with van der Waals surface area (Å²) in [6, 6.07) is 3.45. The Labute approximate surface area is 118 Å². The molecule has 19 heavy (non-hydrogen) atoms. The maximum absolute atomic E-state index is 12.4. The van der Waals surface area contributed by atoms with Crippen molar-refractivity contribution in [3.63, 3.8) is 0 Å². The smallest absolute Gasteiger partial charge is 0.166 e. The van der Waals surface area contributed by atoms with E-state index in [1.165, 1.54) is 20.0 Å². The van der Waals surface area contributed by atoms with Gasteiger partial charge in [0.2, 0.25) is 0 Å². The molecule has 0 amide bonds.